The maximum absolute atomic E-state index is 4.24. The van der Waals surface area contributed by atoms with Gasteiger partial charge in [0.05, 0.1) is 59.0 Å². The summed E-state index contributed by atoms with van der Waals surface area (Å²) in [5, 5.41) is 50.0. The molecule has 0 aliphatic heterocycles. The van der Waals surface area contributed by atoms with E-state index in [-0.39, 0.29) is 44.6 Å². The minimum Gasteiger partial charge on any atom is -0.252 e. The van der Waals surface area contributed by atoms with Crippen LogP contribution in [0, 0.1) is 71.0 Å². The van der Waals surface area contributed by atoms with Crippen LogP contribution in [-0.4, -0.2) is 90.0 Å². The van der Waals surface area contributed by atoms with E-state index in [1.807, 2.05) is 34.2 Å². The smallest absolute Gasteiger partial charge is 0.0827 e. The van der Waals surface area contributed by atoms with Crippen LogP contribution in [0.4, 0.5) is 0 Å². The van der Waals surface area contributed by atoms with E-state index in [4.69, 9.17) is 0 Å². The van der Waals surface area contributed by atoms with Crippen LogP contribution in [0.25, 0.3) is 0 Å². The second kappa shape index (κ2) is 85.9. The van der Waals surface area contributed by atoms with E-state index in [1.54, 1.807) is 0 Å². The predicted octanol–water partition coefficient (Wildman–Crippen LogP) is 32.2. The lowest BCUT2D eigenvalue weighted by Crippen LogP contribution is -2.07. The van der Waals surface area contributed by atoms with Crippen LogP contribution >= 0.6 is 0 Å². The summed E-state index contributed by atoms with van der Waals surface area (Å²) in [4.78, 5) is 0. The normalized spacial score (nSPS) is 11.1. The molecule has 0 saturated heterocycles. The van der Waals surface area contributed by atoms with Gasteiger partial charge in [-0.3, -0.25) is 9.36 Å². The van der Waals surface area contributed by atoms with Crippen molar-refractivity contribution in [2.45, 2.75) is 545 Å². The largest absolute Gasteiger partial charge is 0.252 e. The van der Waals surface area contributed by atoms with E-state index in [2.05, 4.69) is 259 Å². The molecular weight excluding hydrogens is 1530 g/mol. The topological polar surface area (TPSA) is 184 Å². The Kier molecular flexibility index (Phi) is 89.8. The Morgan fingerprint density at radius 1 is 0.185 bits per heavy atom. The Morgan fingerprint density at radius 2 is 0.379 bits per heavy atom. The third kappa shape index (κ3) is 79.0. The molecule has 0 aromatic carbocycles. The zero-order valence-electron chi connectivity index (χ0n) is 82.2. The molecule has 18 heteroatoms. The molecule has 0 fully saturated rings. The number of rotatable bonds is 64. The minimum atomic E-state index is 0. The van der Waals surface area contributed by atoms with Gasteiger partial charge in [0.25, 0.3) is 0 Å². The van der Waals surface area contributed by atoms with Gasteiger partial charge < -0.3 is 0 Å². The van der Waals surface area contributed by atoms with Gasteiger partial charge in [-0.05, 0) is 199 Å². The monoisotopic (exact) mass is 1740 g/mol. The Hall–Kier alpha value is -5.16. The highest BCUT2D eigenvalue weighted by Gasteiger charge is 2.12. The number of nitrogens with zero attached hydrogens (tertiary/aromatic N) is 18. The molecule has 6 heterocycles. The molecule has 0 N–H and O–H groups in total. The molecule has 0 bridgehead atoms. The minimum absolute atomic E-state index is 0. The molecule has 732 valence electrons. The molecular formula is C106H218N18. The molecule has 0 spiro atoms. The fraction of sp³-hybridized carbons (Fsp3) is 0.887. The summed E-state index contributed by atoms with van der Waals surface area (Å²) in [5.41, 5.74) is 7.55. The lowest BCUT2D eigenvalue weighted by molar-refractivity contribution is 0.462. The van der Waals surface area contributed by atoms with Gasteiger partial charge in [-0.1, -0.05) is 409 Å². The maximum atomic E-state index is 4.24. The first-order valence-electron chi connectivity index (χ1n) is 49.8. The van der Waals surface area contributed by atoms with Crippen LogP contribution in [0.3, 0.4) is 0 Å². The predicted molar refractivity (Wildman–Crippen MR) is 545 cm³/mol. The summed E-state index contributed by atoms with van der Waals surface area (Å²) in [6.07, 6.45) is 71.5. The zero-order valence-corrected chi connectivity index (χ0v) is 82.2. The highest BCUT2D eigenvalue weighted by atomic mass is 15.4. The number of aromatic nitrogens is 18. The molecule has 18 nitrogen and oxygen atoms in total. The first kappa shape index (κ1) is 130. The molecule has 0 atom stereocenters. The van der Waals surface area contributed by atoms with Gasteiger partial charge in [0.15, 0.2) is 0 Å². The highest BCUT2D eigenvalue weighted by molar-refractivity contribution is 4.98. The standard InChI is InChI=1S/4C17H33N3.2C16H31N3.6CH4/c2*1-15(2)10-7-5-6-8-12-17-14-18-19-20(17)13-9-11-16(3)4;2*1-15(2)10-8-6-5-7-9-11-17-14-18-19-20(17)13-12-16(3)4;2*1-14(2)9-7-5-6-8-12-19-13-16(17-18-19)11-10-15(3)4;;;;;;/h4*14-16H,5-13H2,1-4H3;2*13-15H,5-12H2,1-4H3;6*1H4. The summed E-state index contributed by atoms with van der Waals surface area (Å²) in [5.74, 6) is 9.61. The zero-order chi connectivity index (χ0) is 87.4. The molecule has 6 aromatic rings. The highest BCUT2D eigenvalue weighted by Crippen LogP contribution is 2.20. The quantitative estimate of drug-likeness (QED) is 0.0330. The molecule has 124 heavy (non-hydrogen) atoms. The molecule has 0 aliphatic rings. The first-order valence-corrected chi connectivity index (χ1v) is 49.8. The fourth-order valence-corrected chi connectivity index (χ4v) is 14.3. The second-order valence-corrected chi connectivity index (χ2v) is 40.3. The Labute approximate surface area is 773 Å². The summed E-state index contributed by atoms with van der Waals surface area (Å²) in [6, 6.07) is 0. The van der Waals surface area contributed by atoms with Crippen molar-refractivity contribution >= 4 is 0 Å². The van der Waals surface area contributed by atoms with Crippen molar-refractivity contribution in [3.05, 3.63) is 71.3 Å². The van der Waals surface area contributed by atoms with Crippen molar-refractivity contribution in [3.8, 4) is 0 Å². The van der Waals surface area contributed by atoms with Gasteiger partial charge in [-0.25, -0.2) is 18.7 Å². The van der Waals surface area contributed by atoms with E-state index in [9.17, 15) is 0 Å². The van der Waals surface area contributed by atoms with Gasteiger partial charge in [0, 0.05) is 51.7 Å². The molecule has 0 amide bonds. The number of hydrogen-bond donors (Lipinski definition) is 0. The van der Waals surface area contributed by atoms with Crippen LogP contribution < -0.4 is 0 Å². The maximum Gasteiger partial charge on any atom is 0.0827 e. The van der Waals surface area contributed by atoms with Gasteiger partial charge in [0.1, 0.15) is 0 Å². The van der Waals surface area contributed by atoms with Crippen molar-refractivity contribution in [2.75, 3.05) is 0 Å². The first-order chi connectivity index (χ1) is 56.5. The number of aryl methyl sites for hydroxylation is 12. The van der Waals surface area contributed by atoms with E-state index >= 15 is 0 Å². The fourth-order valence-electron chi connectivity index (χ4n) is 14.3. The van der Waals surface area contributed by atoms with E-state index in [1.165, 1.54) is 280 Å². The Bertz CT molecular complexity index is 2870. The van der Waals surface area contributed by atoms with E-state index < -0.39 is 0 Å². The average molecular weight is 1750 g/mol. The molecule has 6 aromatic heterocycles. The molecule has 6 rings (SSSR count). The molecule has 0 radical (unpaired) electrons. The van der Waals surface area contributed by atoms with Crippen molar-refractivity contribution in [2.24, 2.45) is 71.0 Å². The average Bonchev–Trinajstić information content (AvgIpc) is 1.77. The SMILES string of the molecule is C.C.C.C.C.C.CC(C)CCCCCCCc1cnnn1CCC(C)C.CC(C)CCCCCCCc1cnnn1CCC(C)C.CC(C)CCCCCCc1cnnn1CCCC(C)C.CC(C)CCCCCCc1cnnn1CCCC(C)C.CC(C)CCCCCCn1cc(CCC(C)C)nn1.CC(C)CCCCCCn1cc(CCC(C)C)nn1. The van der Waals surface area contributed by atoms with Crippen molar-refractivity contribution in [1.82, 2.24) is 90.0 Å². The summed E-state index contributed by atoms with van der Waals surface area (Å²) >= 11 is 0. The lowest BCUT2D eigenvalue weighted by atomic mass is 10.0. The third-order valence-electron chi connectivity index (χ3n) is 22.3. The second-order valence-electron chi connectivity index (χ2n) is 40.3. The van der Waals surface area contributed by atoms with Crippen LogP contribution in [0.15, 0.2) is 37.2 Å². The lowest BCUT2D eigenvalue weighted by Gasteiger charge is -2.08. The van der Waals surface area contributed by atoms with E-state index in [0.717, 1.165) is 160 Å². The summed E-state index contributed by atoms with van der Waals surface area (Å²) in [7, 11) is 0. The third-order valence-corrected chi connectivity index (χ3v) is 22.3. The van der Waals surface area contributed by atoms with Crippen LogP contribution in [0.1, 0.15) is 502 Å². The summed E-state index contributed by atoms with van der Waals surface area (Å²) in [6.45, 7) is 61.0. The molecule has 0 saturated carbocycles. The van der Waals surface area contributed by atoms with Crippen LogP contribution in [-0.2, 0) is 77.8 Å². The van der Waals surface area contributed by atoms with Gasteiger partial charge >= 0.3 is 0 Å². The van der Waals surface area contributed by atoms with Gasteiger partial charge in [0.2, 0.25) is 0 Å². The number of hydrogen-bond acceptors (Lipinski definition) is 12. The number of unbranched alkanes of at least 4 members (excludes halogenated alkanes) is 20. The Morgan fingerprint density at radius 3 is 0.605 bits per heavy atom. The summed E-state index contributed by atoms with van der Waals surface area (Å²) < 4.78 is 12.4. The van der Waals surface area contributed by atoms with Gasteiger partial charge in [-0.2, -0.15) is 0 Å². The molecule has 0 unspecified atom stereocenters. The van der Waals surface area contributed by atoms with Crippen LogP contribution in [0.5, 0.6) is 0 Å². The van der Waals surface area contributed by atoms with Crippen LogP contribution in [0.2, 0.25) is 0 Å². The van der Waals surface area contributed by atoms with Crippen molar-refractivity contribution in [1.29, 1.82) is 0 Å². The van der Waals surface area contributed by atoms with Crippen molar-refractivity contribution < 1.29 is 0 Å². The van der Waals surface area contributed by atoms with Crippen molar-refractivity contribution in [3.63, 3.8) is 0 Å². The van der Waals surface area contributed by atoms with Gasteiger partial charge in [-0.15, -0.1) is 30.6 Å². The Balaban J connectivity index is -0.000000334. The molecule has 0 aliphatic carbocycles. The van der Waals surface area contributed by atoms with E-state index in [0.29, 0.717) is 0 Å².